The quantitative estimate of drug-likeness (QED) is 0.237. The Bertz CT molecular complexity index is 454. The average molecular weight is 353 g/mol. The van der Waals surface area contributed by atoms with E-state index in [1.807, 2.05) is 0 Å². The minimum atomic E-state index is 0.165. The van der Waals surface area contributed by atoms with E-state index >= 15 is 0 Å². The first-order valence-corrected chi connectivity index (χ1v) is 9.43. The van der Waals surface area contributed by atoms with E-state index in [0.717, 1.165) is 25.8 Å². The fourth-order valence-corrected chi connectivity index (χ4v) is 3.14. The van der Waals surface area contributed by atoms with Gasteiger partial charge in [0.05, 0.1) is 0 Å². The SMILES string of the molecule is CCCCCCN=C(N)NC(N)=NCC1CCCC(CN=C(N)N)C1. The highest BCUT2D eigenvalue weighted by Gasteiger charge is 2.21. The summed E-state index contributed by atoms with van der Waals surface area (Å²) in [6.07, 6.45) is 9.27. The zero-order valence-corrected chi connectivity index (χ0v) is 15.6. The summed E-state index contributed by atoms with van der Waals surface area (Å²) in [5.41, 5.74) is 22.5. The Labute approximate surface area is 151 Å². The Morgan fingerprint density at radius 1 is 0.880 bits per heavy atom. The summed E-state index contributed by atoms with van der Waals surface area (Å²) < 4.78 is 0. The van der Waals surface area contributed by atoms with Gasteiger partial charge in [0.15, 0.2) is 17.9 Å². The highest BCUT2D eigenvalue weighted by atomic mass is 15.2. The Hall–Kier alpha value is -1.99. The van der Waals surface area contributed by atoms with Gasteiger partial charge in [0, 0.05) is 19.6 Å². The van der Waals surface area contributed by atoms with E-state index in [4.69, 9.17) is 22.9 Å². The van der Waals surface area contributed by atoms with Crippen molar-refractivity contribution in [1.29, 1.82) is 0 Å². The molecule has 0 aliphatic heterocycles. The van der Waals surface area contributed by atoms with Crippen LogP contribution in [-0.2, 0) is 0 Å². The van der Waals surface area contributed by atoms with Crippen molar-refractivity contribution in [2.45, 2.75) is 58.3 Å². The topological polar surface area (TPSA) is 153 Å². The zero-order valence-electron chi connectivity index (χ0n) is 15.6. The van der Waals surface area contributed by atoms with Crippen LogP contribution >= 0.6 is 0 Å². The van der Waals surface area contributed by atoms with Gasteiger partial charge in [0.25, 0.3) is 0 Å². The van der Waals surface area contributed by atoms with Gasteiger partial charge in [0.2, 0.25) is 0 Å². The molecule has 0 bridgehead atoms. The van der Waals surface area contributed by atoms with Gasteiger partial charge in [-0.3, -0.25) is 20.3 Å². The van der Waals surface area contributed by atoms with Crippen molar-refractivity contribution in [3.8, 4) is 0 Å². The number of hydrogen-bond acceptors (Lipinski definition) is 3. The largest absolute Gasteiger partial charge is 0.370 e. The molecule has 0 saturated heterocycles. The highest BCUT2D eigenvalue weighted by molar-refractivity contribution is 5.97. The molecule has 1 saturated carbocycles. The summed E-state index contributed by atoms with van der Waals surface area (Å²) in [4.78, 5) is 12.8. The first-order valence-electron chi connectivity index (χ1n) is 9.43. The van der Waals surface area contributed by atoms with Crippen LogP contribution in [0.1, 0.15) is 58.3 Å². The van der Waals surface area contributed by atoms with Crippen molar-refractivity contribution < 1.29 is 0 Å². The molecule has 9 N–H and O–H groups in total. The van der Waals surface area contributed by atoms with Crippen LogP contribution in [0, 0.1) is 11.8 Å². The maximum atomic E-state index is 5.90. The summed E-state index contributed by atoms with van der Waals surface area (Å²) in [6, 6.07) is 0. The molecule has 0 aromatic heterocycles. The second kappa shape index (κ2) is 12.4. The molecule has 25 heavy (non-hydrogen) atoms. The van der Waals surface area contributed by atoms with Gasteiger partial charge in [0.1, 0.15) is 0 Å². The van der Waals surface area contributed by atoms with E-state index in [-0.39, 0.29) is 5.96 Å². The molecule has 0 radical (unpaired) electrons. The molecule has 0 spiro atoms. The van der Waals surface area contributed by atoms with Crippen molar-refractivity contribution in [2.75, 3.05) is 19.6 Å². The van der Waals surface area contributed by atoms with Gasteiger partial charge in [-0.05, 0) is 37.5 Å². The van der Waals surface area contributed by atoms with Crippen LogP contribution < -0.4 is 28.3 Å². The number of aliphatic imine (C=N–C) groups is 3. The zero-order chi connectivity index (χ0) is 18.5. The lowest BCUT2D eigenvalue weighted by molar-refractivity contribution is 0.278. The molecule has 0 aromatic carbocycles. The smallest absolute Gasteiger partial charge is 0.195 e. The van der Waals surface area contributed by atoms with Crippen LogP contribution in [0.5, 0.6) is 0 Å². The number of nitrogens with zero attached hydrogens (tertiary/aromatic N) is 3. The molecular weight excluding hydrogens is 316 g/mol. The van der Waals surface area contributed by atoms with Gasteiger partial charge >= 0.3 is 0 Å². The van der Waals surface area contributed by atoms with E-state index in [1.165, 1.54) is 32.1 Å². The van der Waals surface area contributed by atoms with Crippen molar-refractivity contribution in [3.05, 3.63) is 0 Å². The minimum Gasteiger partial charge on any atom is -0.370 e. The van der Waals surface area contributed by atoms with Crippen LogP contribution in [0.2, 0.25) is 0 Å². The Kier molecular flexibility index (Phi) is 10.4. The Balaban J connectivity index is 2.31. The van der Waals surface area contributed by atoms with Crippen molar-refractivity contribution in [1.82, 2.24) is 5.32 Å². The van der Waals surface area contributed by atoms with Crippen LogP contribution in [0.4, 0.5) is 0 Å². The summed E-state index contributed by atoms with van der Waals surface area (Å²) in [6.45, 7) is 4.31. The van der Waals surface area contributed by atoms with Crippen LogP contribution in [-0.4, -0.2) is 37.5 Å². The normalized spacial score (nSPS) is 21.8. The molecule has 144 valence electrons. The lowest BCUT2D eigenvalue weighted by atomic mass is 9.81. The third kappa shape index (κ3) is 10.5. The van der Waals surface area contributed by atoms with Crippen LogP contribution in [0.3, 0.4) is 0 Å². The van der Waals surface area contributed by atoms with E-state index in [9.17, 15) is 0 Å². The van der Waals surface area contributed by atoms with E-state index in [2.05, 4.69) is 27.2 Å². The second-order valence-corrected chi connectivity index (χ2v) is 6.84. The molecule has 8 nitrogen and oxygen atoms in total. The average Bonchev–Trinajstić information content (AvgIpc) is 2.58. The minimum absolute atomic E-state index is 0.165. The van der Waals surface area contributed by atoms with E-state index in [0.29, 0.717) is 36.8 Å². The predicted molar refractivity (Wildman–Crippen MR) is 106 cm³/mol. The summed E-state index contributed by atoms with van der Waals surface area (Å²) in [5, 5.41) is 2.86. The number of rotatable bonds is 9. The summed E-state index contributed by atoms with van der Waals surface area (Å²) in [5.74, 6) is 1.88. The lowest BCUT2D eigenvalue weighted by Gasteiger charge is -2.27. The number of nitrogens with one attached hydrogen (secondary N) is 1. The van der Waals surface area contributed by atoms with Gasteiger partial charge in [-0.2, -0.15) is 0 Å². The molecule has 0 amide bonds. The lowest BCUT2D eigenvalue weighted by Crippen LogP contribution is -2.42. The van der Waals surface area contributed by atoms with E-state index in [1.54, 1.807) is 0 Å². The third-order valence-electron chi connectivity index (χ3n) is 4.49. The molecule has 2 atom stereocenters. The first-order chi connectivity index (χ1) is 12.0. The molecule has 1 fully saturated rings. The predicted octanol–water partition coefficient (Wildman–Crippen LogP) is 0.866. The van der Waals surface area contributed by atoms with Gasteiger partial charge in [-0.1, -0.05) is 32.6 Å². The molecule has 2 unspecified atom stereocenters. The van der Waals surface area contributed by atoms with Gasteiger partial charge in [-0.25, -0.2) is 0 Å². The molecule has 8 heteroatoms. The molecular formula is C17H36N8. The van der Waals surface area contributed by atoms with Crippen LogP contribution in [0.25, 0.3) is 0 Å². The van der Waals surface area contributed by atoms with Crippen molar-refractivity contribution in [2.24, 2.45) is 49.7 Å². The molecule has 1 aliphatic rings. The Morgan fingerprint density at radius 2 is 1.52 bits per heavy atom. The Morgan fingerprint density at radius 3 is 2.16 bits per heavy atom. The third-order valence-corrected chi connectivity index (χ3v) is 4.49. The van der Waals surface area contributed by atoms with Crippen LogP contribution in [0.15, 0.2) is 15.0 Å². The number of nitrogens with two attached hydrogens (primary N) is 4. The van der Waals surface area contributed by atoms with Gasteiger partial charge < -0.3 is 22.9 Å². The summed E-state index contributed by atoms with van der Waals surface area (Å²) in [7, 11) is 0. The summed E-state index contributed by atoms with van der Waals surface area (Å²) >= 11 is 0. The standard InChI is InChI=1S/C17H36N8/c1-2-3-4-5-9-22-16(20)25-17(21)24-12-14-8-6-7-13(10-14)11-23-15(18)19/h13-14H,2-12H2,1H3,(H4,18,19,23)(H5,20,21,22,24,25). The number of hydrogen-bond donors (Lipinski definition) is 5. The highest BCUT2D eigenvalue weighted by Crippen LogP contribution is 2.29. The monoisotopic (exact) mass is 352 g/mol. The fourth-order valence-electron chi connectivity index (χ4n) is 3.14. The van der Waals surface area contributed by atoms with E-state index < -0.39 is 0 Å². The van der Waals surface area contributed by atoms with Crippen molar-refractivity contribution in [3.63, 3.8) is 0 Å². The maximum Gasteiger partial charge on any atom is 0.195 e. The molecule has 0 heterocycles. The molecule has 1 rings (SSSR count). The number of guanidine groups is 3. The number of unbranched alkanes of at least 4 members (excludes halogenated alkanes) is 3. The van der Waals surface area contributed by atoms with Gasteiger partial charge in [-0.15, -0.1) is 0 Å². The fraction of sp³-hybridized carbons (Fsp3) is 0.824. The molecule has 1 aliphatic carbocycles. The second-order valence-electron chi connectivity index (χ2n) is 6.84. The van der Waals surface area contributed by atoms with Crippen molar-refractivity contribution >= 4 is 17.9 Å². The molecule has 0 aromatic rings. The maximum absolute atomic E-state index is 5.90. The first kappa shape index (κ1) is 21.1.